The third-order valence-electron chi connectivity index (χ3n) is 6.56. The van der Waals surface area contributed by atoms with Gasteiger partial charge in [0.2, 0.25) is 0 Å². The van der Waals surface area contributed by atoms with Crippen molar-refractivity contribution in [1.82, 2.24) is 19.9 Å². The quantitative estimate of drug-likeness (QED) is 0.415. The van der Waals surface area contributed by atoms with E-state index in [1.54, 1.807) is 12.4 Å². The monoisotopic (exact) mass is 479 g/mol. The minimum absolute atomic E-state index is 0.0536. The second-order valence-corrected chi connectivity index (χ2v) is 10.1. The summed E-state index contributed by atoms with van der Waals surface area (Å²) < 4.78 is 8.02. The molecule has 1 aliphatic rings. The van der Waals surface area contributed by atoms with Crippen LogP contribution in [-0.4, -0.2) is 44.8 Å². The van der Waals surface area contributed by atoms with E-state index in [4.69, 9.17) is 16.0 Å². The number of nitrogens with two attached hydrogens (primary N) is 2. The van der Waals surface area contributed by atoms with Gasteiger partial charge in [-0.1, -0.05) is 5.16 Å². The molecule has 0 bridgehead atoms. The maximum absolute atomic E-state index is 13.5. The molecule has 1 fully saturated rings. The second-order valence-electron chi connectivity index (χ2n) is 9.01. The number of nitrogen functional groups attached to an aromatic ring is 1. The van der Waals surface area contributed by atoms with Crippen molar-refractivity contribution in [2.24, 2.45) is 12.8 Å². The molecule has 0 aromatic carbocycles. The minimum Gasteiger partial charge on any atom is -0.390 e. The number of anilines is 2. The lowest BCUT2D eigenvalue weighted by atomic mass is 10.0. The Morgan fingerprint density at radius 3 is 2.85 bits per heavy atom. The number of fused-ring (bicyclic) bond motifs is 1. The van der Waals surface area contributed by atoms with Gasteiger partial charge in [-0.05, 0) is 39.2 Å². The number of hydrogen-bond donors (Lipinski definition) is 2. The van der Waals surface area contributed by atoms with Crippen LogP contribution in [0.15, 0.2) is 23.0 Å². The first-order chi connectivity index (χ1) is 16.3. The summed E-state index contributed by atoms with van der Waals surface area (Å²) in [6, 6.07) is 2.23. The zero-order chi connectivity index (χ0) is 24.0. The van der Waals surface area contributed by atoms with Crippen LogP contribution in [0.25, 0.3) is 21.3 Å². The molecule has 9 nitrogen and oxygen atoms in total. The number of rotatable bonds is 5. The normalized spacial score (nSPS) is 16.8. The third kappa shape index (κ3) is 3.97. The van der Waals surface area contributed by atoms with Gasteiger partial charge in [0, 0.05) is 55.5 Å². The summed E-state index contributed by atoms with van der Waals surface area (Å²) in [4.78, 5) is 20.4. The molecule has 0 radical (unpaired) electrons. The molecular weight excluding hydrogens is 450 g/mol. The maximum atomic E-state index is 13.5. The number of pyridine rings is 1. The average molecular weight is 480 g/mol. The number of ketones is 1. The maximum Gasteiger partial charge on any atom is 0.172 e. The molecule has 4 aromatic rings. The number of hydrogen-bond acceptors (Lipinski definition) is 9. The topological polar surface area (TPSA) is 129 Å². The van der Waals surface area contributed by atoms with Gasteiger partial charge in [0.15, 0.2) is 5.78 Å². The van der Waals surface area contributed by atoms with Gasteiger partial charge in [-0.2, -0.15) is 5.10 Å². The summed E-state index contributed by atoms with van der Waals surface area (Å²) in [5.41, 5.74) is 17.1. The molecule has 5 rings (SSSR count). The Hall–Kier alpha value is -3.24. The lowest BCUT2D eigenvalue weighted by Gasteiger charge is -2.24. The first kappa shape index (κ1) is 22.5. The van der Waals surface area contributed by atoms with Crippen LogP contribution in [0.4, 0.5) is 10.8 Å². The van der Waals surface area contributed by atoms with Crippen molar-refractivity contribution < 1.29 is 9.32 Å². The second kappa shape index (κ2) is 8.84. The van der Waals surface area contributed by atoms with Crippen molar-refractivity contribution in [2.75, 3.05) is 23.7 Å². The zero-order valence-corrected chi connectivity index (χ0v) is 20.5. The number of aromatic nitrogens is 4. The van der Waals surface area contributed by atoms with Gasteiger partial charge in [-0.15, -0.1) is 11.3 Å². The Kier molecular flexibility index (Phi) is 5.86. The van der Waals surface area contributed by atoms with Gasteiger partial charge >= 0.3 is 0 Å². The number of carbonyl (C=O) groups is 1. The van der Waals surface area contributed by atoms with E-state index >= 15 is 0 Å². The van der Waals surface area contributed by atoms with Crippen LogP contribution < -0.4 is 16.4 Å². The molecule has 1 atom stereocenters. The lowest BCUT2D eigenvalue weighted by molar-refractivity contribution is 0.0995. The van der Waals surface area contributed by atoms with E-state index in [0.717, 1.165) is 71.0 Å². The minimum atomic E-state index is -0.0536. The van der Waals surface area contributed by atoms with E-state index in [1.165, 1.54) is 11.3 Å². The highest BCUT2D eigenvalue weighted by molar-refractivity contribution is 7.23. The van der Waals surface area contributed by atoms with Crippen LogP contribution in [0, 0.1) is 13.8 Å². The van der Waals surface area contributed by atoms with Gasteiger partial charge in [-0.25, -0.2) is 0 Å². The average Bonchev–Trinajstić information content (AvgIpc) is 3.38. The lowest BCUT2D eigenvalue weighted by Crippen LogP contribution is -2.29. The molecule has 1 unspecified atom stereocenters. The number of carbonyl (C=O) groups excluding carboxylic acids is 1. The SMILES string of the molecule is Cc1noc(C)c1-c1cnc2c(C(=O)Cc3cnn(C)c3N3CCCC(N)CC3)c(N)sc2c1. The summed E-state index contributed by atoms with van der Waals surface area (Å²) in [5, 5.41) is 8.96. The van der Waals surface area contributed by atoms with Gasteiger partial charge in [0.25, 0.3) is 0 Å². The smallest absolute Gasteiger partial charge is 0.172 e. The Labute approximate surface area is 201 Å². The molecule has 0 aliphatic carbocycles. The van der Waals surface area contributed by atoms with E-state index in [9.17, 15) is 4.79 Å². The molecule has 0 spiro atoms. The van der Waals surface area contributed by atoms with Crippen molar-refractivity contribution in [3.8, 4) is 11.1 Å². The molecule has 0 saturated carbocycles. The largest absolute Gasteiger partial charge is 0.390 e. The van der Waals surface area contributed by atoms with Crippen molar-refractivity contribution in [3.05, 3.63) is 41.0 Å². The van der Waals surface area contributed by atoms with E-state index in [2.05, 4.69) is 20.1 Å². The van der Waals surface area contributed by atoms with Crippen LogP contribution in [0.1, 0.15) is 46.6 Å². The Balaban J connectivity index is 1.45. The van der Waals surface area contributed by atoms with Gasteiger partial charge in [0.1, 0.15) is 11.6 Å². The summed E-state index contributed by atoms with van der Waals surface area (Å²) in [7, 11) is 1.92. The molecule has 1 saturated heterocycles. The fraction of sp³-hybridized carbons (Fsp3) is 0.417. The molecule has 178 valence electrons. The fourth-order valence-corrected chi connectivity index (χ4v) is 5.89. The molecular formula is C24H29N7O2S. The van der Waals surface area contributed by atoms with Crippen LogP contribution in [0.5, 0.6) is 0 Å². The van der Waals surface area contributed by atoms with Crippen molar-refractivity contribution in [3.63, 3.8) is 0 Å². The Bertz CT molecular complexity index is 1350. The Morgan fingerprint density at radius 2 is 2.09 bits per heavy atom. The molecule has 10 heteroatoms. The molecule has 4 aromatic heterocycles. The molecule has 4 N–H and O–H groups in total. The molecule has 34 heavy (non-hydrogen) atoms. The first-order valence-electron chi connectivity index (χ1n) is 11.5. The summed E-state index contributed by atoms with van der Waals surface area (Å²) in [5.74, 6) is 1.66. The standard InChI is InChI=1S/C24H29N7O2S/c1-13-20(14(2)33-29-13)15-10-19-22(27-11-15)21(23(26)34-19)18(32)9-16-12-28-30(3)24(16)31-7-4-5-17(25)6-8-31/h10-12,17H,4-9,25-26H2,1-3H3. The highest BCUT2D eigenvalue weighted by atomic mass is 32.1. The van der Waals surface area contributed by atoms with Gasteiger partial charge in [-0.3, -0.25) is 14.5 Å². The Morgan fingerprint density at radius 1 is 1.26 bits per heavy atom. The highest BCUT2D eigenvalue weighted by Gasteiger charge is 2.25. The number of thiophene rings is 1. The summed E-state index contributed by atoms with van der Waals surface area (Å²) in [6.45, 7) is 5.54. The number of aryl methyl sites for hydroxylation is 3. The van der Waals surface area contributed by atoms with Crippen LogP contribution >= 0.6 is 11.3 Å². The van der Waals surface area contributed by atoms with Crippen LogP contribution in [0.3, 0.4) is 0 Å². The summed E-state index contributed by atoms with van der Waals surface area (Å²) in [6.07, 6.45) is 6.73. The van der Waals surface area contributed by atoms with Gasteiger partial charge < -0.3 is 20.9 Å². The van der Waals surface area contributed by atoms with Crippen molar-refractivity contribution >= 4 is 38.2 Å². The van der Waals surface area contributed by atoms with E-state index in [-0.39, 0.29) is 18.2 Å². The highest BCUT2D eigenvalue weighted by Crippen LogP contribution is 2.37. The van der Waals surface area contributed by atoms with Crippen molar-refractivity contribution in [1.29, 1.82) is 0 Å². The first-order valence-corrected chi connectivity index (χ1v) is 12.3. The third-order valence-corrected chi connectivity index (χ3v) is 7.52. The molecule has 0 amide bonds. The zero-order valence-electron chi connectivity index (χ0n) is 19.7. The van der Waals surface area contributed by atoms with Crippen LogP contribution in [-0.2, 0) is 13.5 Å². The number of Topliss-reactive ketones (excluding diaryl/α,β-unsaturated/α-hetero) is 1. The van der Waals surface area contributed by atoms with E-state index in [0.29, 0.717) is 16.1 Å². The summed E-state index contributed by atoms with van der Waals surface area (Å²) >= 11 is 1.38. The van der Waals surface area contributed by atoms with E-state index in [1.807, 2.05) is 31.6 Å². The predicted octanol–water partition coefficient (Wildman–Crippen LogP) is 3.63. The fourth-order valence-electron chi connectivity index (χ4n) is 4.90. The number of nitrogens with zero attached hydrogens (tertiary/aromatic N) is 5. The van der Waals surface area contributed by atoms with Crippen LogP contribution in [0.2, 0.25) is 0 Å². The van der Waals surface area contributed by atoms with Crippen molar-refractivity contribution in [2.45, 2.75) is 45.6 Å². The predicted molar refractivity (Wildman–Crippen MR) is 134 cm³/mol. The van der Waals surface area contributed by atoms with E-state index < -0.39 is 0 Å². The molecule has 5 heterocycles. The van der Waals surface area contributed by atoms with Gasteiger partial charge in [0.05, 0.1) is 32.7 Å². The molecule has 1 aliphatic heterocycles.